The molecule has 0 fully saturated rings. The van der Waals surface area contributed by atoms with Gasteiger partial charge in [0.15, 0.2) is 12.2 Å². The Bertz CT molecular complexity index is 617. The van der Waals surface area contributed by atoms with Gasteiger partial charge < -0.3 is 9.73 Å². The van der Waals surface area contributed by atoms with E-state index < -0.39 is 0 Å². The summed E-state index contributed by atoms with van der Waals surface area (Å²) >= 11 is 1.65. The number of rotatable bonds is 4. The first kappa shape index (κ1) is 11.9. The fourth-order valence-corrected chi connectivity index (χ4v) is 2.50. The summed E-state index contributed by atoms with van der Waals surface area (Å²) in [5, 5.41) is 6.49. The van der Waals surface area contributed by atoms with Gasteiger partial charge in [0.25, 0.3) is 0 Å². The zero-order chi connectivity index (χ0) is 13.1. The summed E-state index contributed by atoms with van der Waals surface area (Å²) in [7, 11) is 0. The molecule has 1 aromatic carbocycles. The SMILES string of the molecule is CC(Nc1ccc(-c2cnco2)cc1)c1nccs1. The Kier molecular flexibility index (Phi) is 3.29. The fourth-order valence-electron chi connectivity index (χ4n) is 1.85. The Morgan fingerprint density at radius 2 is 2.11 bits per heavy atom. The van der Waals surface area contributed by atoms with Gasteiger partial charge in [-0.2, -0.15) is 0 Å². The molecule has 1 atom stereocenters. The van der Waals surface area contributed by atoms with Gasteiger partial charge in [-0.25, -0.2) is 9.97 Å². The Balaban J connectivity index is 1.73. The average molecular weight is 271 g/mol. The molecule has 0 saturated carbocycles. The third kappa shape index (κ3) is 2.66. The molecule has 2 heterocycles. The lowest BCUT2D eigenvalue weighted by Gasteiger charge is -2.12. The first-order valence-corrected chi connectivity index (χ1v) is 6.86. The second kappa shape index (κ2) is 5.24. The zero-order valence-corrected chi connectivity index (χ0v) is 11.2. The van der Waals surface area contributed by atoms with Gasteiger partial charge in [0.1, 0.15) is 5.01 Å². The molecule has 0 aliphatic heterocycles. The normalized spacial score (nSPS) is 12.3. The number of hydrogen-bond acceptors (Lipinski definition) is 5. The molecule has 1 N–H and O–H groups in total. The molecule has 96 valence electrons. The van der Waals surface area contributed by atoms with Crippen molar-refractivity contribution in [2.24, 2.45) is 0 Å². The van der Waals surface area contributed by atoms with E-state index in [1.54, 1.807) is 17.5 Å². The van der Waals surface area contributed by atoms with Crippen LogP contribution in [-0.2, 0) is 0 Å². The number of nitrogens with zero attached hydrogens (tertiary/aromatic N) is 2. The molecular formula is C14H13N3OS. The van der Waals surface area contributed by atoms with Crippen LogP contribution < -0.4 is 5.32 Å². The first-order chi connectivity index (χ1) is 9.33. The number of oxazole rings is 1. The average Bonchev–Trinajstić information content (AvgIpc) is 3.13. The van der Waals surface area contributed by atoms with Crippen molar-refractivity contribution in [3.63, 3.8) is 0 Å². The molecule has 0 aliphatic carbocycles. The van der Waals surface area contributed by atoms with Crippen LogP contribution in [0.1, 0.15) is 18.0 Å². The summed E-state index contributed by atoms with van der Waals surface area (Å²) < 4.78 is 5.26. The van der Waals surface area contributed by atoms with Gasteiger partial charge in [-0.1, -0.05) is 0 Å². The molecule has 19 heavy (non-hydrogen) atoms. The molecule has 5 heteroatoms. The highest BCUT2D eigenvalue weighted by atomic mass is 32.1. The second-order valence-electron chi connectivity index (χ2n) is 4.18. The minimum absolute atomic E-state index is 0.205. The van der Waals surface area contributed by atoms with Crippen molar-refractivity contribution >= 4 is 17.0 Å². The number of nitrogens with one attached hydrogen (secondary N) is 1. The lowest BCUT2D eigenvalue weighted by Crippen LogP contribution is -2.05. The van der Waals surface area contributed by atoms with Crippen LogP contribution in [0.3, 0.4) is 0 Å². The van der Waals surface area contributed by atoms with Crippen molar-refractivity contribution < 1.29 is 4.42 Å². The van der Waals surface area contributed by atoms with E-state index in [0.29, 0.717) is 0 Å². The van der Waals surface area contributed by atoms with Crippen molar-refractivity contribution in [2.45, 2.75) is 13.0 Å². The predicted molar refractivity (Wildman–Crippen MR) is 76.1 cm³/mol. The maximum Gasteiger partial charge on any atom is 0.181 e. The number of aromatic nitrogens is 2. The van der Waals surface area contributed by atoms with E-state index in [9.17, 15) is 0 Å². The Morgan fingerprint density at radius 3 is 2.74 bits per heavy atom. The maximum absolute atomic E-state index is 5.26. The highest BCUT2D eigenvalue weighted by Crippen LogP contribution is 2.24. The summed E-state index contributed by atoms with van der Waals surface area (Å²) in [6.07, 6.45) is 4.97. The Morgan fingerprint density at radius 1 is 1.26 bits per heavy atom. The van der Waals surface area contributed by atoms with Crippen LogP contribution in [0.5, 0.6) is 0 Å². The largest absolute Gasteiger partial charge is 0.444 e. The fraction of sp³-hybridized carbons (Fsp3) is 0.143. The van der Waals surface area contributed by atoms with Gasteiger partial charge in [-0.15, -0.1) is 11.3 Å². The molecule has 0 bridgehead atoms. The lowest BCUT2D eigenvalue weighted by atomic mass is 10.1. The third-order valence-electron chi connectivity index (χ3n) is 2.81. The highest BCUT2D eigenvalue weighted by Gasteiger charge is 2.08. The van der Waals surface area contributed by atoms with Crippen LogP contribution >= 0.6 is 11.3 Å². The summed E-state index contributed by atoms with van der Waals surface area (Å²) in [6, 6.07) is 8.29. The van der Waals surface area contributed by atoms with Crippen LogP contribution in [0.15, 0.2) is 52.9 Å². The van der Waals surface area contributed by atoms with Crippen molar-refractivity contribution in [3.05, 3.63) is 53.4 Å². The monoisotopic (exact) mass is 271 g/mol. The van der Waals surface area contributed by atoms with Crippen LogP contribution in [0.25, 0.3) is 11.3 Å². The van der Waals surface area contributed by atoms with Crippen LogP contribution in [0, 0.1) is 0 Å². The quantitative estimate of drug-likeness (QED) is 0.780. The van der Waals surface area contributed by atoms with Gasteiger partial charge in [0, 0.05) is 22.8 Å². The molecule has 3 rings (SSSR count). The molecule has 0 saturated heterocycles. The smallest absolute Gasteiger partial charge is 0.181 e. The number of hydrogen-bond donors (Lipinski definition) is 1. The van der Waals surface area contributed by atoms with Crippen molar-refractivity contribution in [3.8, 4) is 11.3 Å². The van der Waals surface area contributed by atoms with E-state index in [4.69, 9.17) is 4.42 Å². The van der Waals surface area contributed by atoms with E-state index in [0.717, 1.165) is 22.0 Å². The van der Waals surface area contributed by atoms with E-state index in [1.807, 2.05) is 35.8 Å². The maximum atomic E-state index is 5.26. The van der Waals surface area contributed by atoms with Gasteiger partial charge in [-0.3, -0.25) is 0 Å². The van der Waals surface area contributed by atoms with E-state index in [2.05, 4.69) is 22.2 Å². The minimum atomic E-state index is 0.205. The number of thiazole rings is 1. The summed E-state index contributed by atoms with van der Waals surface area (Å²) in [4.78, 5) is 8.22. The molecule has 2 aromatic heterocycles. The van der Waals surface area contributed by atoms with Crippen LogP contribution in [0.4, 0.5) is 5.69 Å². The van der Waals surface area contributed by atoms with E-state index in [1.165, 1.54) is 6.39 Å². The Labute approximate surface area is 115 Å². The van der Waals surface area contributed by atoms with Gasteiger partial charge in [-0.05, 0) is 31.2 Å². The van der Waals surface area contributed by atoms with E-state index >= 15 is 0 Å². The molecule has 4 nitrogen and oxygen atoms in total. The summed E-state index contributed by atoms with van der Waals surface area (Å²) in [5.41, 5.74) is 2.08. The van der Waals surface area contributed by atoms with Crippen molar-refractivity contribution in [1.82, 2.24) is 9.97 Å². The predicted octanol–water partition coefficient (Wildman–Crippen LogP) is 3.97. The first-order valence-electron chi connectivity index (χ1n) is 5.98. The van der Waals surface area contributed by atoms with Gasteiger partial charge in [0.2, 0.25) is 0 Å². The molecule has 0 radical (unpaired) electrons. The molecule has 0 amide bonds. The van der Waals surface area contributed by atoms with Gasteiger partial charge in [0.05, 0.1) is 12.2 Å². The standard InChI is InChI=1S/C14H13N3OS/c1-10(14-16-6-7-19-14)17-12-4-2-11(3-5-12)13-8-15-9-18-13/h2-10,17H,1H3. The summed E-state index contributed by atoms with van der Waals surface area (Å²) in [6.45, 7) is 2.10. The molecule has 3 aromatic rings. The number of benzene rings is 1. The molecule has 1 unspecified atom stereocenters. The van der Waals surface area contributed by atoms with Gasteiger partial charge >= 0.3 is 0 Å². The zero-order valence-electron chi connectivity index (χ0n) is 10.4. The Hall–Kier alpha value is -2.14. The highest BCUT2D eigenvalue weighted by molar-refractivity contribution is 7.09. The summed E-state index contributed by atoms with van der Waals surface area (Å²) in [5.74, 6) is 0.777. The molecule has 0 aliphatic rings. The number of anilines is 1. The topological polar surface area (TPSA) is 51.0 Å². The minimum Gasteiger partial charge on any atom is -0.444 e. The van der Waals surface area contributed by atoms with E-state index in [-0.39, 0.29) is 6.04 Å². The second-order valence-corrected chi connectivity index (χ2v) is 5.11. The third-order valence-corrected chi connectivity index (χ3v) is 3.77. The van der Waals surface area contributed by atoms with Crippen LogP contribution in [-0.4, -0.2) is 9.97 Å². The molecular weight excluding hydrogens is 258 g/mol. The van der Waals surface area contributed by atoms with Crippen molar-refractivity contribution in [1.29, 1.82) is 0 Å². The lowest BCUT2D eigenvalue weighted by molar-refractivity contribution is 0.572. The molecule has 0 spiro atoms. The van der Waals surface area contributed by atoms with Crippen LogP contribution in [0.2, 0.25) is 0 Å². The van der Waals surface area contributed by atoms with Crippen molar-refractivity contribution in [2.75, 3.05) is 5.32 Å².